The Morgan fingerprint density at radius 2 is 2.25 bits per heavy atom. The van der Waals surface area contributed by atoms with Crippen LogP contribution in [-0.4, -0.2) is 20.7 Å². The van der Waals surface area contributed by atoms with Crippen LogP contribution in [0.1, 0.15) is 18.0 Å². The fourth-order valence-corrected chi connectivity index (χ4v) is 2.48. The number of carboxylic acids is 1. The number of carboxylic acid groups (broad SMARTS) is 1. The lowest BCUT2D eigenvalue weighted by molar-refractivity contribution is -0.138. The molecule has 1 aromatic heterocycles. The summed E-state index contributed by atoms with van der Waals surface area (Å²) in [5.74, 6) is -1.02. The quantitative estimate of drug-likeness (QED) is 0.767. The minimum absolute atomic E-state index is 0.212. The van der Waals surface area contributed by atoms with Crippen molar-refractivity contribution in [2.75, 3.05) is 0 Å². The molecule has 4 heteroatoms. The molecule has 0 spiro atoms. The van der Waals surface area contributed by atoms with Crippen LogP contribution in [-0.2, 0) is 11.3 Å². The summed E-state index contributed by atoms with van der Waals surface area (Å²) >= 11 is 0. The molecule has 2 heterocycles. The second kappa shape index (κ2) is 3.01. The lowest BCUT2D eigenvalue weighted by atomic mass is 10.0. The highest BCUT2D eigenvalue weighted by Gasteiger charge is 2.30. The van der Waals surface area contributed by atoms with Crippen LogP contribution >= 0.6 is 0 Å². The molecule has 0 amide bonds. The van der Waals surface area contributed by atoms with Crippen molar-refractivity contribution in [3.8, 4) is 5.75 Å². The highest BCUT2D eigenvalue weighted by atomic mass is 16.4. The molecule has 0 aliphatic carbocycles. The Kier molecular flexibility index (Phi) is 1.74. The molecule has 0 radical (unpaired) electrons. The third-order valence-corrected chi connectivity index (χ3v) is 3.25. The Morgan fingerprint density at radius 1 is 1.44 bits per heavy atom. The van der Waals surface area contributed by atoms with Crippen molar-refractivity contribution in [2.45, 2.75) is 18.9 Å². The van der Waals surface area contributed by atoms with Crippen LogP contribution in [0, 0.1) is 0 Å². The number of hydrogen-bond acceptors (Lipinski definition) is 2. The molecule has 1 unspecified atom stereocenters. The number of hydrogen-bond donors (Lipinski definition) is 2. The van der Waals surface area contributed by atoms with Crippen LogP contribution in [0.3, 0.4) is 0 Å². The van der Waals surface area contributed by atoms with E-state index in [1.807, 2.05) is 10.6 Å². The Balaban J connectivity index is 2.28. The largest absolute Gasteiger partial charge is 0.507 e. The first kappa shape index (κ1) is 9.27. The zero-order chi connectivity index (χ0) is 11.3. The van der Waals surface area contributed by atoms with Crippen molar-refractivity contribution in [3.63, 3.8) is 0 Å². The summed E-state index contributed by atoms with van der Waals surface area (Å²) in [5, 5.41) is 19.5. The molecule has 0 fully saturated rings. The first-order valence-electron chi connectivity index (χ1n) is 5.22. The van der Waals surface area contributed by atoms with Crippen molar-refractivity contribution in [3.05, 3.63) is 30.0 Å². The van der Waals surface area contributed by atoms with Crippen LogP contribution in [0.5, 0.6) is 5.75 Å². The van der Waals surface area contributed by atoms with E-state index in [2.05, 4.69) is 0 Å². The van der Waals surface area contributed by atoms with Gasteiger partial charge in [0.1, 0.15) is 5.75 Å². The Labute approximate surface area is 91.7 Å². The van der Waals surface area contributed by atoms with Gasteiger partial charge in [0.05, 0.1) is 11.4 Å². The number of aryl methyl sites for hydroxylation is 1. The van der Waals surface area contributed by atoms with Crippen LogP contribution in [0.15, 0.2) is 24.3 Å². The zero-order valence-electron chi connectivity index (χ0n) is 8.55. The molecule has 2 aromatic rings. The van der Waals surface area contributed by atoms with Crippen molar-refractivity contribution in [1.82, 2.24) is 4.57 Å². The van der Waals surface area contributed by atoms with Gasteiger partial charge in [0.25, 0.3) is 0 Å². The van der Waals surface area contributed by atoms with Gasteiger partial charge in [-0.25, -0.2) is 0 Å². The molecule has 0 saturated carbocycles. The van der Waals surface area contributed by atoms with Gasteiger partial charge in [-0.1, -0.05) is 6.07 Å². The number of nitrogens with zero attached hydrogens (tertiary/aromatic N) is 1. The normalized spacial score (nSPS) is 18.9. The predicted octanol–water partition coefficient (Wildman–Crippen LogP) is 1.92. The first-order chi connectivity index (χ1) is 7.68. The van der Waals surface area contributed by atoms with Gasteiger partial charge in [-0.2, -0.15) is 0 Å². The summed E-state index contributed by atoms with van der Waals surface area (Å²) in [6.45, 7) is 0.708. The number of benzene rings is 1. The smallest absolute Gasteiger partial charge is 0.312 e. The molecule has 1 aromatic carbocycles. The monoisotopic (exact) mass is 217 g/mol. The van der Waals surface area contributed by atoms with Gasteiger partial charge in [0.2, 0.25) is 0 Å². The Hall–Kier alpha value is -1.97. The van der Waals surface area contributed by atoms with Gasteiger partial charge in [-0.3, -0.25) is 4.79 Å². The fraction of sp³-hybridized carbons (Fsp3) is 0.250. The molecule has 0 bridgehead atoms. The van der Waals surface area contributed by atoms with Crippen LogP contribution in [0.25, 0.3) is 10.9 Å². The topological polar surface area (TPSA) is 62.5 Å². The minimum atomic E-state index is -0.791. The maximum Gasteiger partial charge on any atom is 0.312 e. The molecule has 2 N–H and O–H groups in total. The van der Waals surface area contributed by atoms with Crippen LogP contribution in [0.2, 0.25) is 0 Å². The van der Waals surface area contributed by atoms with E-state index in [1.54, 1.807) is 18.2 Å². The number of rotatable bonds is 1. The Bertz CT molecular complexity index is 585. The number of fused-ring (bicyclic) bond motifs is 3. The number of aliphatic carboxylic acids is 1. The van der Waals surface area contributed by atoms with Gasteiger partial charge < -0.3 is 14.8 Å². The number of aromatic hydroxyl groups is 1. The SMILES string of the molecule is O=C(O)C1CCn2c1cc1c(O)cccc12. The van der Waals surface area contributed by atoms with E-state index >= 15 is 0 Å². The Morgan fingerprint density at radius 3 is 3.00 bits per heavy atom. The average molecular weight is 217 g/mol. The molecule has 1 atom stereocenters. The zero-order valence-corrected chi connectivity index (χ0v) is 8.55. The molecule has 16 heavy (non-hydrogen) atoms. The number of carbonyl (C=O) groups is 1. The lowest BCUT2D eigenvalue weighted by Gasteiger charge is -2.00. The summed E-state index contributed by atoms with van der Waals surface area (Å²) in [6, 6.07) is 7.09. The average Bonchev–Trinajstić information content (AvgIpc) is 2.76. The second-order valence-electron chi connectivity index (χ2n) is 4.11. The fourth-order valence-electron chi connectivity index (χ4n) is 2.48. The third kappa shape index (κ3) is 1.07. The van der Waals surface area contributed by atoms with Gasteiger partial charge in [0.15, 0.2) is 0 Å². The summed E-state index contributed by atoms with van der Waals surface area (Å²) in [4.78, 5) is 11.1. The number of phenols is 1. The van der Waals surface area contributed by atoms with Crippen LogP contribution < -0.4 is 0 Å². The summed E-state index contributed by atoms with van der Waals surface area (Å²) in [7, 11) is 0. The maximum absolute atomic E-state index is 11.1. The molecule has 0 saturated heterocycles. The van der Waals surface area contributed by atoms with Crippen molar-refractivity contribution in [1.29, 1.82) is 0 Å². The highest BCUT2D eigenvalue weighted by Crippen LogP contribution is 2.37. The highest BCUT2D eigenvalue weighted by molar-refractivity contribution is 5.89. The van der Waals surface area contributed by atoms with Crippen molar-refractivity contribution >= 4 is 16.9 Å². The molecule has 3 rings (SSSR count). The van der Waals surface area contributed by atoms with E-state index in [0.29, 0.717) is 13.0 Å². The number of aromatic nitrogens is 1. The van der Waals surface area contributed by atoms with E-state index in [-0.39, 0.29) is 5.75 Å². The van der Waals surface area contributed by atoms with Gasteiger partial charge >= 0.3 is 5.97 Å². The maximum atomic E-state index is 11.1. The predicted molar refractivity (Wildman–Crippen MR) is 58.6 cm³/mol. The molecular formula is C12H11NO3. The number of phenolic OH excluding ortho intramolecular Hbond substituents is 1. The summed E-state index contributed by atoms with van der Waals surface area (Å²) in [5.41, 5.74) is 1.71. The third-order valence-electron chi connectivity index (χ3n) is 3.25. The van der Waals surface area contributed by atoms with E-state index in [0.717, 1.165) is 16.6 Å². The van der Waals surface area contributed by atoms with E-state index in [4.69, 9.17) is 5.11 Å². The van der Waals surface area contributed by atoms with E-state index in [9.17, 15) is 9.90 Å². The molecule has 1 aliphatic heterocycles. The molecule has 4 nitrogen and oxygen atoms in total. The first-order valence-corrected chi connectivity index (χ1v) is 5.22. The van der Waals surface area contributed by atoms with Crippen LogP contribution in [0.4, 0.5) is 0 Å². The van der Waals surface area contributed by atoms with Crippen molar-refractivity contribution in [2.24, 2.45) is 0 Å². The van der Waals surface area contributed by atoms with Gasteiger partial charge in [-0.05, 0) is 24.6 Å². The minimum Gasteiger partial charge on any atom is -0.507 e. The van der Waals surface area contributed by atoms with Gasteiger partial charge in [-0.15, -0.1) is 0 Å². The standard InChI is InChI=1S/C12H11NO3/c14-11-3-1-2-9-8(11)6-10-7(12(15)16)4-5-13(9)10/h1-3,6-7,14H,4-5H2,(H,15,16). The van der Waals surface area contributed by atoms with E-state index in [1.165, 1.54) is 0 Å². The molecule has 82 valence electrons. The van der Waals surface area contributed by atoms with E-state index < -0.39 is 11.9 Å². The summed E-state index contributed by atoms with van der Waals surface area (Å²) in [6.07, 6.45) is 0.635. The second-order valence-corrected chi connectivity index (χ2v) is 4.11. The molecular weight excluding hydrogens is 206 g/mol. The van der Waals surface area contributed by atoms with Gasteiger partial charge in [0, 0.05) is 17.6 Å². The lowest BCUT2D eigenvalue weighted by Crippen LogP contribution is -2.07. The summed E-state index contributed by atoms with van der Waals surface area (Å²) < 4.78 is 1.98. The molecule has 1 aliphatic rings. The van der Waals surface area contributed by atoms with Crippen molar-refractivity contribution < 1.29 is 15.0 Å².